The third-order valence-corrected chi connectivity index (χ3v) is 2.01. The van der Waals surface area contributed by atoms with Gasteiger partial charge >= 0.3 is 0 Å². The first-order valence-electron chi connectivity index (χ1n) is 3.88. The minimum atomic E-state index is 0.111. The van der Waals surface area contributed by atoms with E-state index in [-0.39, 0.29) is 11.9 Å². The molecular formula is C9H10N2O. The van der Waals surface area contributed by atoms with E-state index >= 15 is 0 Å². The first-order valence-corrected chi connectivity index (χ1v) is 3.88. The summed E-state index contributed by atoms with van der Waals surface area (Å²) < 4.78 is 0. The summed E-state index contributed by atoms with van der Waals surface area (Å²) >= 11 is 0. The number of hydrogen-bond donors (Lipinski definition) is 1. The molecule has 12 heavy (non-hydrogen) atoms. The number of nitrogens with one attached hydrogen (secondary N) is 1. The van der Waals surface area contributed by atoms with E-state index in [1.807, 2.05) is 35.7 Å². The van der Waals surface area contributed by atoms with Crippen molar-refractivity contribution < 1.29 is 4.79 Å². The normalized spacial score (nSPS) is 24.9. The number of Topliss-reactive ketones (excluding diaryl/α,β-unsaturated/α-hetero) is 1. The highest BCUT2D eigenvalue weighted by molar-refractivity contribution is 5.96. The maximum Gasteiger partial charge on any atom is 0.159 e. The number of ketones is 1. The molecule has 0 saturated heterocycles. The molecule has 1 atom stereocenters. The lowest BCUT2D eigenvalue weighted by Gasteiger charge is -2.22. The lowest BCUT2D eigenvalue weighted by atomic mass is 10.1. The molecule has 1 N–H and O–H groups in total. The maximum atomic E-state index is 11.0. The van der Waals surface area contributed by atoms with Crippen LogP contribution >= 0.6 is 0 Å². The highest BCUT2D eigenvalue weighted by Gasteiger charge is 2.18. The van der Waals surface area contributed by atoms with Crippen LogP contribution in [0.5, 0.6) is 0 Å². The molecule has 62 valence electrons. The summed E-state index contributed by atoms with van der Waals surface area (Å²) in [5, 5.41) is 3.11. The fourth-order valence-corrected chi connectivity index (χ4v) is 1.31. The van der Waals surface area contributed by atoms with Crippen LogP contribution in [0.2, 0.25) is 0 Å². The average Bonchev–Trinajstić information content (AvgIpc) is 2.49. The van der Waals surface area contributed by atoms with E-state index in [1.165, 1.54) is 0 Å². The van der Waals surface area contributed by atoms with Gasteiger partial charge in [0.15, 0.2) is 5.78 Å². The second kappa shape index (κ2) is 2.52. The average molecular weight is 162 g/mol. The van der Waals surface area contributed by atoms with Gasteiger partial charge < -0.3 is 10.2 Å². The van der Waals surface area contributed by atoms with Crippen LogP contribution in [0.3, 0.4) is 0 Å². The van der Waals surface area contributed by atoms with E-state index < -0.39 is 0 Å². The fraction of sp³-hybridized carbons (Fsp3) is 0.222. The Morgan fingerprint density at radius 3 is 3.17 bits per heavy atom. The summed E-state index contributed by atoms with van der Waals surface area (Å²) in [6.07, 6.45) is 9.59. The third kappa shape index (κ3) is 1.03. The molecule has 2 aliphatic rings. The Hall–Kier alpha value is -1.51. The molecule has 0 saturated carbocycles. The quantitative estimate of drug-likeness (QED) is 0.617. The summed E-state index contributed by atoms with van der Waals surface area (Å²) in [5.74, 6) is 0.111. The zero-order valence-electron chi connectivity index (χ0n) is 6.82. The van der Waals surface area contributed by atoms with Crippen molar-refractivity contribution in [3.8, 4) is 0 Å². The van der Waals surface area contributed by atoms with Gasteiger partial charge in [-0.1, -0.05) is 0 Å². The molecule has 2 heterocycles. The lowest BCUT2D eigenvalue weighted by Crippen LogP contribution is -2.32. The SMILES string of the molecule is CC(=O)C1=C[C@@H]2NC=CN2C=C1. The van der Waals surface area contributed by atoms with Gasteiger partial charge in [0.25, 0.3) is 0 Å². The zero-order valence-corrected chi connectivity index (χ0v) is 6.82. The van der Waals surface area contributed by atoms with Crippen LogP contribution in [0.25, 0.3) is 0 Å². The fourth-order valence-electron chi connectivity index (χ4n) is 1.31. The van der Waals surface area contributed by atoms with Crippen molar-refractivity contribution in [2.24, 2.45) is 0 Å². The number of carbonyl (C=O) groups is 1. The van der Waals surface area contributed by atoms with E-state index in [9.17, 15) is 4.79 Å². The molecular weight excluding hydrogens is 152 g/mol. The van der Waals surface area contributed by atoms with Crippen LogP contribution < -0.4 is 5.32 Å². The van der Waals surface area contributed by atoms with Gasteiger partial charge in [0.05, 0.1) is 0 Å². The second-order valence-electron chi connectivity index (χ2n) is 2.87. The molecule has 0 unspecified atom stereocenters. The van der Waals surface area contributed by atoms with Crippen molar-refractivity contribution in [2.45, 2.75) is 13.1 Å². The highest BCUT2D eigenvalue weighted by Crippen LogP contribution is 2.16. The number of hydrogen-bond acceptors (Lipinski definition) is 3. The molecule has 0 aliphatic carbocycles. The molecule has 0 amide bonds. The van der Waals surface area contributed by atoms with Gasteiger partial charge in [0.1, 0.15) is 6.17 Å². The van der Waals surface area contributed by atoms with Crippen molar-refractivity contribution in [2.75, 3.05) is 0 Å². The van der Waals surface area contributed by atoms with Crippen LogP contribution in [0.1, 0.15) is 6.92 Å². The Morgan fingerprint density at radius 2 is 2.42 bits per heavy atom. The predicted octanol–water partition coefficient (Wildman–Crippen LogP) is 0.732. The van der Waals surface area contributed by atoms with Gasteiger partial charge in [-0.2, -0.15) is 0 Å². The highest BCUT2D eigenvalue weighted by atomic mass is 16.1. The van der Waals surface area contributed by atoms with Crippen molar-refractivity contribution in [3.63, 3.8) is 0 Å². The predicted molar refractivity (Wildman–Crippen MR) is 45.8 cm³/mol. The van der Waals surface area contributed by atoms with E-state index in [1.54, 1.807) is 6.92 Å². The topological polar surface area (TPSA) is 32.3 Å². The summed E-state index contributed by atoms with van der Waals surface area (Å²) in [7, 11) is 0. The van der Waals surface area contributed by atoms with E-state index in [0.717, 1.165) is 5.57 Å². The van der Waals surface area contributed by atoms with Gasteiger partial charge in [-0.15, -0.1) is 0 Å². The monoisotopic (exact) mass is 162 g/mol. The smallest absolute Gasteiger partial charge is 0.159 e. The minimum absolute atomic E-state index is 0.111. The number of nitrogens with zero attached hydrogens (tertiary/aromatic N) is 1. The van der Waals surface area contributed by atoms with E-state index in [0.29, 0.717) is 0 Å². The molecule has 2 rings (SSSR count). The number of carbonyl (C=O) groups excluding carboxylic acids is 1. The maximum absolute atomic E-state index is 11.0. The molecule has 0 aromatic carbocycles. The summed E-state index contributed by atoms with van der Waals surface area (Å²) in [5.41, 5.74) is 0.771. The molecule has 0 radical (unpaired) electrons. The Balaban J connectivity index is 2.23. The summed E-state index contributed by atoms with van der Waals surface area (Å²) in [6, 6.07) is 0. The van der Waals surface area contributed by atoms with Crippen LogP contribution in [0.4, 0.5) is 0 Å². The molecule has 0 aromatic heterocycles. The van der Waals surface area contributed by atoms with Gasteiger partial charge in [-0.05, 0) is 19.1 Å². The summed E-state index contributed by atoms with van der Waals surface area (Å²) in [6.45, 7) is 1.58. The first kappa shape index (κ1) is 7.16. The number of allylic oxidation sites excluding steroid dienone is 2. The van der Waals surface area contributed by atoms with Gasteiger partial charge in [-0.3, -0.25) is 4.79 Å². The molecule has 0 aromatic rings. The molecule has 3 nitrogen and oxygen atoms in total. The Labute approximate surface area is 71.0 Å². The second-order valence-corrected chi connectivity index (χ2v) is 2.87. The molecule has 2 aliphatic heterocycles. The van der Waals surface area contributed by atoms with Crippen molar-refractivity contribution in [1.82, 2.24) is 10.2 Å². The summed E-state index contributed by atoms with van der Waals surface area (Å²) in [4.78, 5) is 13.0. The number of rotatable bonds is 1. The van der Waals surface area contributed by atoms with Crippen molar-refractivity contribution in [1.29, 1.82) is 0 Å². The largest absolute Gasteiger partial charge is 0.366 e. The molecule has 0 fully saturated rings. The van der Waals surface area contributed by atoms with Gasteiger partial charge in [-0.25, -0.2) is 0 Å². The van der Waals surface area contributed by atoms with Gasteiger partial charge in [0, 0.05) is 24.2 Å². The van der Waals surface area contributed by atoms with E-state index in [2.05, 4.69) is 5.32 Å². The zero-order chi connectivity index (χ0) is 8.55. The minimum Gasteiger partial charge on any atom is -0.366 e. The third-order valence-electron chi connectivity index (χ3n) is 2.01. The van der Waals surface area contributed by atoms with Crippen LogP contribution in [0.15, 0.2) is 36.3 Å². The number of fused-ring (bicyclic) bond motifs is 1. The van der Waals surface area contributed by atoms with Crippen LogP contribution in [-0.4, -0.2) is 16.8 Å². The van der Waals surface area contributed by atoms with Crippen LogP contribution in [-0.2, 0) is 4.79 Å². The molecule has 3 heteroatoms. The first-order chi connectivity index (χ1) is 5.77. The van der Waals surface area contributed by atoms with Crippen molar-refractivity contribution in [3.05, 3.63) is 36.3 Å². The Morgan fingerprint density at radius 1 is 1.58 bits per heavy atom. The standard InChI is InChI=1S/C9H10N2O/c1-7(12)8-2-4-11-5-3-10-9(11)6-8/h2-6,9-10H,1H3/t9-/m1/s1. The Kier molecular flexibility index (Phi) is 1.50. The lowest BCUT2D eigenvalue weighted by molar-refractivity contribution is -0.113. The Bertz CT molecular complexity index is 302. The molecule has 0 bridgehead atoms. The van der Waals surface area contributed by atoms with E-state index in [4.69, 9.17) is 0 Å². The van der Waals surface area contributed by atoms with Crippen molar-refractivity contribution >= 4 is 5.78 Å². The molecule has 0 spiro atoms. The van der Waals surface area contributed by atoms with Gasteiger partial charge in [0.2, 0.25) is 0 Å². The van der Waals surface area contributed by atoms with Crippen LogP contribution in [0, 0.1) is 0 Å².